The first-order valence-electron chi connectivity index (χ1n) is 3.73. The lowest BCUT2D eigenvalue weighted by Crippen LogP contribution is -2.13. The summed E-state index contributed by atoms with van der Waals surface area (Å²) < 4.78 is 0. The van der Waals surface area contributed by atoms with Crippen LogP contribution in [0, 0.1) is 0 Å². The minimum atomic E-state index is -0.395. The third-order valence-electron chi connectivity index (χ3n) is 1.56. The number of aromatic amines is 2. The van der Waals surface area contributed by atoms with Crippen LogP contribution in [-0.2, 0) is 0 Å². The summed E-state index contributed by atoms with van der Waals surface area (Å²) in [7, 11) is 0. The largest absolute Gasteiger partial charge is 0.383 e. The van der Waals surface area contributed by atoms with E-state index in [-0.39, 0.29) is 17.3 Å². The Morgan fingerprint density at radius 3 is 2.86 bits per heavy atom. The number of aromatic nitrogens is 5. The van der Waals surface area contributed by atoms with E-state index in [2.05, 4.69) is 30.7 Å². The van der Waals surface area contributed by atoms with E-state index in [0.29, 0.717) is 0 Å². The standard InChI is InChI=1S/C6H7N7O/c7-4-3(1-9-12-4)5(14)11-6-8-2-10-13-6/h1-2H,(H3,7,9,12)(H2,8,10,11,13,14). The third-order valence-corrected chi connectivity index (χ3v) is 1.56. The number of carbonyl (C=O) groups is 1. The van der Waals surface area contributed by atoms with Crippen molar-refractivity contribution in [2.75, 3.05) is 11.1 Å². The number of carbonyl (C=O) groups excluding carboxylic acids is 1. The van der Waals surface area contributed by atoms with Crippen LogP contribution in [0.3, 0.4) is 0 Å². The SMILES string of the molecule is Nc1[nH]ncc1C(=O)Nc1ncn[nH]1. The maximum atomic E-state index is 11.5. The predicted octanol–water partition coefficient (Wildman–Crippen LogP) is -0.638. The molecule has 2 rings (SSSR count). The second kappa shape index (κ2) is 3.17. The van der Waals surface area contributed by atoms with Crippen LogP contribution in [0.15, 0.2) is 12.5 Å². The van der Waals surface area contributed by atoms with E-state index in [1.807, 2.05) is 0 Å². The highest BCUT2D eigenvalue weighted by atomic mass is 16.1. The average molecular weight is 193 g/mol. The average Bonchev–Trinajstić information content (AvgIpc) is 2.75. The Balaban J connectivity index is 2.14. The highest BCUT2D eigenvalue weighted by Gasteiger charge is 2.12. The van der Waals surface area contributed by atoms with Crippen molar-refractivity contribution in [1.82, 2.24) is 25.4 Å². The molecule has 14 heavy (non-hydrogen) atoms. The van der Waals surface area contributed by atoms with Crippen molar-refractivity contribution in [1.29, 1.82) is 0 Å². The maximum absolute atomic E-state index is 11.5. The number of anilines is 2. The molecule has 0 atom stereocenters. The highest BCUT2D eigenvalue weighted by molar-refractivity contribution is 6.06. The Kier molecular flexibility index (Phi) is 1.86. The van der Waals surface area contributed by atoms with Crippen molar-refractivity contribution in [3.8, 4) is 0 Å². The predicted molar refractivity (Wildman–Crippen MR) is 47.3 cm³/mol. The molecule has 0 radical (unpaired) electrons. The van der Waals surface area contributed by atoms with E-state index in [1.54, 1.807) is 0 Å². The molecule has 0 aliphatic carbocycles. The molecule has 0 aliphatic heterocycles. The Morgan fingerprint density at radius 1 is 1.43 bits per heavy atom. The van der Waals surface area contributed by atoms with Gasteiger partial charge in [-0.15, -0.1) is 0 Å². The van der Waals surface area contributed by atoms with E-state index < -0.39 is 5.91 Å². The van der Waals surface area contributed by atoms with E-state index in [0.717, 1.165) is 0 Å². The number of H-pyrrole nitrogens is 2. The monoisotopic (exact) mass is 193 g/mol. The number of nitrogen functional groups attached to an aromatic ring is 1. The summed E-state index contributed by atoms with van der Waals surface area (Å²) in [5.41, 5.74) is 5.71. The van der Waals surface area contributed by atoms with Gasteiger partial charge >= 0.3 is 0 Å². The molecule has 0 aliphatic rings. The third kappa shape index (κ3) is 1.40. The smallest absolute Gasteiger partial charge is 0.263 e. The molecule has 2 aromatic heterocycles. The van der Waals surface area contributed by atoms with Gasteiger partial charge in [0.1, 0.15) is 17.7 Å². The van der Waals surface area contributed by atoms with Gasteiger partial charge in [0.25, 0.3) is 5.91 Å². The van der Waals surface area contributed by atoms with E-state index in [1.165, 1.54) is 12.5 Å². The normalized spacial score (nSPS) is 10.0. The van der Waals surface area contributed by atoms with Gasteiger partial charge in [-0.25, -0.2) is 5.10 Å². The maximum Gasteiger partial charge on any atom is 0.263 e. The van der Waals surface area contributed by atoms with Crippen LogP contribution in [0.25, 0.3) is 0 Å². The molecule has 8 nitrogen and oxygen atoms in total. The van der Waals surface area contributed by atoms with Crippen LogP contribution in [-0.4, -0.2) is 31.3 Å². The Morgan fingerprint density at radius 2 is 2.29 bits per heavy atom. The summed E-state index contributed by atoms with van der Waals surface area (Å²) in [6, 6.07) is 0. The van der Waals surface area contributed by atoms with Gasteiger partial charge in [0.05, 0.1) is 6.20 Å². The van der Waals surface area contributed by atoms with Gasteiger partial charge in [0, 0.05) is 0 Å². The minimum absolute atomic E-state index is 0.210. The summed E-state index contributed by atoms with van der Waals surface area (Å²) in [4.78, 5) is 15.2. The first kappa shape index (κ1) is 8.23. The first-order valence-corrected chi connectivity index (χ1v) is 3.73. The Bertz CT molecular complexity index is 431. The molecular formula is C6H7N7O. The van der Waals surface area contributed by atoms with Crippen LogP contribution in [0.2, 0.25) is 0 Å². The molecule has 2 aromatic rings. The van der Waals surface area contributed by atoms with Crippen molar-refractivity contribution in [3.05, 3.63) is 18.1 Å². The highest BCUT2D eigenvalue weighted by Crippen LogP contribution is 2.07. The molecular weight excluding hydrogens is 186 g/mol. The molecule has 0 unspecified atom stereocenters. The van der Waals surface area contributed by atoms with Crippen LogP contribution in [0.5, 0.6) is 0 Å². The summed E-state index contributed by atoms with van der Waals surface area (Å²) in [5.74, 6) is 0.0746. The Labute approximate surface area is 77.9 Å². The number of nitrogens with one attached hydrogen (secondary N) is 3. The zero-order valence-corrected chi connectivity index (χ0v) is 6.98. The van der Waals surface area contributed by atoms with Crippen LogP contribution in [0.4, 0.5) is 11.8 Å². The summed E-state index contributed by atoms with van der Waals surface area (Å²) in [6.07, 6.45) is 2.62. The topological polar surface area (TPSA) is 125 Å². The number of rotatable bonds is 2. The molecule has 5 N–H and O–H groups in total. The van der Waals surface area contributed by atoms with E-state index in [9.17, 15) is 4.79 Å². The van der Waals surface area contributed by atoms with Gasteiger partial charge in [0.15, 0.2) is 0 Å². The zero-order valence-electron chi connectivity index (χ0n) is 6.98. The lowest BCUT2D eigenvalue weighted by molar-refractivity contribution is 0.102. The molecule has 0 spiro atoms. The second-order valence-corrected chi connectivity index (χ2v) is 2.49. The van der Waals surface area contributed by atoms with E-state index >= 15 is 0 Å². The van der Waals surface area contributed by atoms with Crippen molar-refractivity contribution in [2.24, 2.45) is 0 Å². The number of nitrogens with zero attached hydrogens (tertiary/aromatic N) is 3. The molecule has 2 heterocycles. The van der Waals surface area contributed by atoms with Crippen LogP contribution in [0.1, 0.15) is 10.4 Å². The van der Waals surface area contributed by atoms with Gasteiger partial charge in [0.2, 0.25) is 5.95 Å². The number of nitrogens with two attached hydrogens (primary N) is 1. The van der Waals surface area contributed by atoms with Gasteiger partial charge in [-0.1, -0.05) is 0 Å². The fourth-order valence-electron chi connectivity index (χ4n) is 0.918. The number of amides is 1. The van der Waals surface area contributed by atoms with Gasteiger partial charge in [-0.05, 0) is 0 Å². The number of hydrogen-bond donors (Lipinski definition) is 4. The molecule has 8 heteroatoms. The van der Waals surface area contributed by atoms with Crippen LogP contribution < -0.4 is 11.1 Å². The molecule has 0 fully saturated rings. The molecule has 1 amide bonds. The van der Waals surface area contributed by atoms with Gasteiger partial charge in [-0.3, -0.25) is 15.2 Å². The van der Waals surface area contributed by atoms with Crippen molar-refractivity contribution >= 4 is 17.7 Å². The fraction of sp³-hybridized carbons (Fsp3) is 0. The molecule has 72 valence electrons. The van der Waals surface area contributed by atoms with Gasteiger partial charge < -0.3 is 5.73 Å². The minimum Gasteiger partial charge on any atom is -0.383 e. The number of hydrogen-bond acceptors (Lipinski definition) is 5. The van der Waals surface area contributed by atoms with E-state index in [4.69, 9.17) is 5.73 Å². The molecule has 0 saturated carbocycles. The van der Waals surface area contributed by atoms with Crippen molar-refractivity contribution in [3.63, 3.8) is 0 Å². The molecule has 0 saturated heterocycles. The Hall–Kier alpha value is -2.38. The van der Waals surface area contributed by atoms with Crippen molar-refractivity contribution in [2.45, 2.75) is 0 Å². The lowest BCUT2D eigenvalue weighted by Gasteiger charge is -1.98. The van der Waals surface area contributed by atoms with Crippen molar-refractivity contribution < 1.29 is 4.79 Å². The molecule has 0 aromatic carbocycles. The summed E-state index contributed by atoms with van der Waals surface area (Å²) in [5, 5.41) is 14.6. The quantitative estimate of drug-likeness (QED) is 0.504. The zero-order chi connectivity index (χ0) is 9.97. The lowest BCUT2D eigenvalue weighted by atomic mass is 10.3. The van der Waals surface area contributed by atoms with Crippen LogP contribution >= 0.6 is 0 Å². The fourth-order valence-corrected chi connectivity index (χ4v) is 0.918. The second-order valence-electron chi connectivity index (χ2n) is 2.49. The summed E-state index contributed by atoms with van der Waals surface area (Å²) >= 11 is 0. The summed E-state index contributed by atoms with van der Waals surface area (Å²) in [6.45, 7) is 0. The first-order chi connectivity index (χ1) is 6.77. The van der Waals surface area contributed by atoms with Gasteiger partial charge in [-0.2, -0.15) is 15.2 Å². The molecule has 0 bridgehead atoms.